The van der Waals surface area contributed by atoms with Crippen LogP contribution in [0.4, 0.5) is 0 Å². The SMILES string of the molecule is CC(=O)c1cc(=O)[nH]cc1C. The molecule has 0 bridgehead atoms. The van der Waals surface area contributed by atoms with Crippen molar-refractivity contribution in [2.45, 2.75) is 13.8 Å². The van der Waals surface area contributed by atoms with Crippen molar-refractivity contribution in [1.29, 1.82) is 0 Å². The molecule has 0 saturated carbocycles. The second kappa shape index (κ2) is 2.70. The first kappa shape index (κ1) is 7.72. The number of H-pyrrole nitrogens is 1. The second-order valence-electron chi connectivity index (χ2n) is 2.45. The second-order valence-corrected chi connectivity index (χ2v) is 2.45. The lowest BCUT2D eigenvalue weighted by atomic mass is 10.1. The Kier molecular flexibility index (Phi) is 1.89. The van der Waals surface area contributed by atoms with Crippen LogP contribution in [0.2, 0.25) is 0 Å². The number of hydrogen-bond donors (Lipinski definition) is 1. The number of nitrogens with one attached hydrogen (secondary N) is 1. The van der Waals surface area contributed by atoms with Crippen molar-refractivity contribution in [2.75, 3.05) is 0 Å². The first-order chi connectivity index (χ1) is 5.11. The van der Waals surface area contributed by atoms with Crippen molar-refractivity contribution in [1.82, 2.24) is 4.98 Å². The Bertz CT molecular complexity index is 338. The molecule has 1 N–H and O–H groups in total. The van der Waals surface area contributed by atoms with Gasteiger partial charge in [0.15, 0.2) is 5.78 Å². The van der Waals surface area contributed by atoms with Gasteiger partial charge in [-0.15, -0.1) is 0 Å². The number of pyridine rings is 1. The highest BCUT2D eigenvalue weighted by atomic mass is 16.1. The summed E-state index contributed by atoms with van der Waals surface area (Å²) in [7, 11) is 0. The van der Waals surface area contributed by atoms with Gasteiger partial charge in [-0.1, -0.05) is 0 Å². The molecule has 1 heterocycles. The molecule has 0 spiro atoms. The fourth-order valence-electron chi connectivity index (χ4n) is 0.923. The van der Waals surface area contributed by atoms with E-state index in [4.69, 9.17) is 0 Å². The van der Waals surface area contributed by atoms with Crippen LogP contribution in [0, 0.1) is 6.92 Å². The maximum Gasteiger partial charge on any atom is 0.248 e. The van der Waals surface area contributed by atoms with Crippen molar-refractivity contribution >= 4 is 5.78 Å². The van der Waals surface area contributed by atoms with Crippen LogP contribution in [-0.2, 0) is 0 Å². The van der Waals surface area contributed by atoms with Gasteiger partial charge >= 0.3 is 0 Å². The molecular weight excluding hydrogens is 142 g/mol. The molecule has 0 radical (unpaired) electrons. The van der Waals surface area contributed by atoms with Crippen LogP contribution in [0.3, 0.4) is 0 Å². The van der Waals surface area contributed by atoms with E-state index in [-0.39, 0.29) is 11.3 Å². The highest BCUT2D eigenvalue weighted by Crippen LogP contribution is 2.02. The van der Waals surface area contributed by atoms with Gasteiger partial charge in [-0.3, -0.25) is 9.59 Å². The van der Waals surface area contributed by atoms with Crippen molar-refractivity contribution < 1.29 is 4.79 Å². The minimum atomic E-state index is -0.235. The zero-order valence-corrected chi connectivity index (χ0v) is 6.47. The van der Waals surface area contributed by atoms with Crippen LogP contribution in [0.5, 0.6) is 0 Å². The summed E-state index contributed by atoms with van der Waals surface area (Å²) in [4.78, 5) is 24.1. The number of aryl methyl sites for hydroxylation is 1. The van der Waals surface area contributed by atoms with E-state index in [0.29, 0.717) is 5.56 Å². The lowest BCUT2D eigenvalue weighted by Gasteiger charge is -1.97. The largest absolute Gasteiger partial charge is 0.329 e. The Labute approximate surface area is 64.1 Å². The summed E-state index contributed by atoms with van der Waals surface area (Å²) in [5.74, 6) is -0.0754. The number of hydrogen-bond acceptors (Lipinski definition) is 2. The van der Waals surface area contributed by atoms with Gasteiger partial charge in [-0.25, -0.2) is 0 Å². The van der Waals surface area contributed by atoms with E-state index in [2.05, 4.69) is 4.98 Å². The lowest BCUT2D eigenvalue weighted by Crippen LogP contribution is -2.08. The van der Waals surface area contributed by atoms with Crippen molar-refractivity contribution in [3.8, 4) is 0 Å². The van der Waals surface area contributed by atoms with Crippen LogP contribution >= 0.6 is 0 Å². The molecule has 1 aromatic heterocycles. The fourth-order valence-corrected chi connectivity index (χ4v) is 0.923. The summed E-state index contributed by atoms with van der Waals surface area (Å²) < 4.78 is 0. The Morgan fingerprint density at radius 3 is 2.64 bits per heavy atom. The molecule has 0 aliphatic carbocycles. The summed E-state index contributed by atoms with van der Waals surface area (Å²) in [6.07, 6.45) is 1.54. The predicted molar refractivity (Wildman–Crippen MR) is 41.8 cm³/mol. The number of carbonyl (C=O) groups is 1. The molecule has 0 aliphatic heterocycles. The summed E-state index contributed by atoms with van der Waals surface area (Å²) in [6, 6.07) is 1.32. The Hall–Kier alpha value is -1.38. The number of ketones is 1. The minimum Gasteiger partial charge on any atom is -0.329 e. The Morgan fingerprint density at radius 2 is 2.18 bits per heavy atom. The van der Waals surface area contributed by atoms with Crippen molar-refractivity contribution in [2.24, 2.45) is 0 Å². The molecular formula is C8H9NO2. The quantitative estimate of drug-likeness (QED) is 0.606. The molecule has 1 aromatic rings. The van der Waals surface area contributed by atoms with Crippen LogP contribution in [0.25, 0.3) is 0 Å². The minimum absolute atomic E-state index is 0.0754. The molecule has 0 aliphatic rings. The molecule has 0 aromatic carbocycles. The van der Waals surface area contributed by atoms with Gasteiger partial charge in [0.2, 0.25) is 5.56 Å². The molecule has 0 fully saturated rings. The van der Waals surface area contributed by atoms with E-state index in [1.54, 1.807) is 13.1 Å². The number of Topliss-reactive ketones (excluding diaryl/α,β-unsaturated/α-hetero) is 1. The molecule has 3 nitrogen and oxygen atoms in total. The number of aromatic nitrogens is 1. The maximum atomic E-state index is 10.9. The van der Waals surface area contributed by atoms with Gasteiger partial charge in [0.05, 0.1) is 0 Å². The monoisotopic (exact) mass is 151 g/mol. The summed E-state index contributed by atoms with van der Waals surface area (Å²) in [5, 5.41) is 0. The number of rotatable bonds is 1. The van der Waals surface area contributed by atoms with E-state index in [1.807, 2.05) is 0 Å². The van der Waals surface area contributed by atoms with E-state index >= 15 is 0 Å². The molecule has 0 saturated heterocycles. The third kappa shape index (κ3) is 1.55. The highest BCUT2D eigenvalue weighted by Gasteiger charge is 2.02. The predicted octanol–water partition coefficient (Wildman–Crippen LogP) is 0.886. The Morgan fingerprint density at radius 1 is 1.55 bits per heavy atom. The third-order valence-electron chi connectivity index (χ3n) is 1.51. The van der Waals surface area contributed by atoms with Gasteiger partial charge in [-0.05, 0) is 19.4 Å². The summed E-state index contributed by atoms with van der Waals surface area (Å²) in [6.45, 7) is 3.23. The smallest absolute Gasteiger partial charge is 0.248 e. The molecule has 11 heavy (non-hydrogen) atoms. The molecule has 1 rings (SSSR count). The molecule has 0 atom stereocenters. The van der Waals surface area contributed by atoms with E-state index in [9.17, 15) is 9.59 Å². The zero-order valence-electron chi connectivity index (χ0n) is 6.47. The summed E-state index contributed by atoms with van der Waals surface area (Å²) in [5.41, 5.74) is 1.06. The number of aromatic amines is 1. The van der Waals surface area contributed by atoms with Crippen LogP contribution in [0.15, 0.2) is 17.1 Å². The van der Waals surface area contributed by atoms with Gasteiger partial charge in [-0.2, -0.15) is 0 Å². The molecule has 3 heteroatoms. The molecule has 0 amide bonds. The molecule has 0 unspecified atom stereocenters. The van der Waals surface area contributed by atoms with Crippen LogP contribution in [0.1, 0.15) is 22.8 Å². The maximum absolute atomic E-state index is 10.9. The average Bonchev–Trinajstić information content (AvgIpc) is 1.94. The standard InChI is InChI=1S/C8H9NO2/c1-5-4-9-8(11)3-7(5)6(2)10/h3-4H,1-2H3,(H,9,11). The van der Waals surface area contributed by atoms with Gasteiger partial charge in [0, 0.05) is 17.8 Å². The fraction of sp³-hybridized carbons (Fsp3) is 0.250. The third-order valence-corrected chi connectivity index (χ3v) is 1.51. The topological polar surface area (TPSA) is 49.9 Å². The Balaban J connectivity index is 3.35. The van der Waals surface area contributed by atoms with Gasteiger partial charge in [0.1, 0.15) is 0 Å². The first-order valence-electron chi connectivity index (χ1n) is 3.31. The molecule has 58 valence electrons. The average molecular weight is 151 g/mol. The highest BCUT2D eigenvalue weighted by molar-refractivity contribution is 5.95. The first-order valence-corrected chi connectivity index (χ1v) is 3.31. The normalized spacial score (nSPS) is 9.64. The van der Waals surface area contributed by atoms with Crippen LogP contribution in [-0.4, -0.2) is 10.8 Å². The van der Waals surface area contributed by atoms with Crippen molar-refractivity contribution in [3.63, 3.8) is 0 Å². The lowest BCUT2D eigenvalue weighted by molar-refractivity contribution is 0.101. The van der Waals surface area contributed by atoms with Gasteiger partial charge in [0.25, 0.3) is 0 Å². The van der Waals surface area contributed by atoms with E-state index in [0.717, 1.165) is 5.56 Å². The van der Waals surface area contributed by atoms with Crippen molar-refractivity contribution in [3.05, 3.63) is 33.7 Å². The van der Waals surface area contributed by atoms with Gasteiger partial charge < -0.3 is 4.98 Å². The van der Waals surface area contributed by atoms with E-state index in [1.165, 1.54) is 13.0 Å². The van der Waals surface area contributed by atoms with E-state index < -0.39 is 0 Å². The number of carbonyl (C=O) groups excluding carboxylic acids is 1. The van der Waals surface area contributed by atoms with Crippen LogP contribution < -0.4 is 5.56 Å². The summed E-state index contributed by atoms with van der Waals surface area (Å²) >= 11 is 0. The zero-order chi connectivity index (χ0) is 8.43.